The van der Waals surface area contributed by atoms with Crippen LogP contribution in [-0.2, 0) is 13.2 Å². The number of rotatable bonds is 7. The first kappa shape index (κ1) is 22.0. The van der Waals surface area contributed by atoms with Gasteiger partial charge in [0.25, 0.3) is 5.91 Å². The summed E-state index contributed by atoms with van der Waals surface area (Å²) in [7, 11) is 0. The molecule has 5 rings (SSSR count). The maximum Gasteiger partial charge on any atom is 0.265 e. The number of carbonyl (C=O) groups is 1. The average molecular weight is 476 g/mol. The third-order valence-corrected chi connectivity index (χ3v) is 6.64. The molecule has 0 unspecified atom stereocenters. The topological polar surface area (TPSA) is 74.6 Å². The smallest absolute Gasteiger partial charge is 0.265 e. The second-order valence-corrected chi connectivity index (χ2v) is 9.18. The summed E-state index contributed by atoms with van der Waals surface area (Å²) in [4.78, 5) is 13.6. The van der Waals surface area contributed by atoms with E-state index in [1.165, 1.54) is 22.5 Å². The van der Waals surface area contributed by atoms with Crippen LogP contribution in [0.5, 0.6) is 17.2 Å². The maximum absolute atomic E-state index is 12.9. The number of carbonyl (C=O) groups excluding carboxylic acids is 1. The first-order chi connectivity index (χ1) is 16.5. The van der Waals surface area contributed by atoms with Gasteiger partial charge in [-0.1, -0.05) is 29.8 Å². The molecule has 0 spiro atoms. The largest absolute Gasteiger partial charge is 0.489 e. The lowest BCUT2D eigenvalue weighted by Gasteiger charge is -2.07. The van der Waals surface area contributed by atoms with Gasteiger partial charge in [0.1, 0.15) is 12.4 Å². The molecule has 8 heteroatoms. The fourth-order valence-electron chi connectivity index (χ4n) is 3.89. The fourth-order valence-corrected chi connectivity index (χ4v) is 4.69. The predicted molar refractivity (Wildman–Crippen MR) is 131 cm³/mol. The van der Waals surface area contributed by atoms with E-state index < -0.39 is 0 Å². The minimum Gasteiger partial charge on any atom is -0.489 e. The van der Waals surface area contributed by atoms with E-state index in [1.54, 1.807) is 0 Å². The predicted octanol–water partition coefficient (Wildman–Crippen LogP) is 5.48. The number of ether oxygens (including phenoxy) is 3. The van der Waals surface area contributed by atoms with Crippen molar-refractivity contribution in [3.8, 4) is 17.2 Å². The summed E-state index contributed by atoms with van der Waals surface area (Å²) in [6, 6.07) is 15.7. The second kappa shape index (κ2) is 9.23. The van der Waals surface area contributed by atoms with Gasteiger partial charge >= 0.3 is 0 Å². The van der Waals surface area contributed by atoms with E-state index in [-0.39, 0.29) is 12.7 Å². The molecule has 1 aliphatic heterocycles. The molecule has 2 aromatic heterocycles. The SMILES string of the molecule is Cc1cccc(Cn2nc(C)c(NC(=O)c3cc(COc4ccc5c(c4)OCO5)cs3)c2C)c1. The molecule has 0 radical (unpaired) electrons. The summed E-state index contributed by atoms with van der Waals surface area (Å²) >= 11 is 1.39. The monoisotopic (exact) mass is 475 g/mol. The van der Waals surface area contributed by atoms with Crippen LogP contribution in [0.2, 0.25) is 0 Å². The molecule has 34 heavy (non-hydrogen) atoms. The molecule has 1 aliphatic rings. The summed E-state index contributed by atoms with van der Waals surface area (Å²) in [5, 5.41) is 9.62. The molecule has 0 aliphatic carbocycles. The van der Waals surface area contributed by atoms with Gasteiger partial charge in [-0.05, 0) is 49.9 Å². The molecule has 2 aromatic carbocycles. The van der Waals surface area contributed by atoms with Gasteiger partial charge in [0.15, 0.2) is 11.5 Å². The van der Waals surface area contributed by atoms with Crippen molar-refractivity contribution in [3.63, 3.8) is 0 Å². The standard InChI is InChI=1S/C26H25N3O4S/c1-16-5-4-6-19(9-16)12-29-18(3)25(17(2)28-29)27-26(30)24-10-20(14-34-24)13-31-21-7-8-22-23(11-21)33-15-32-22/h4-11,14H,12-13,15H2,1-3H3,(H,27,30). The molecule has 0 fully saturated rings. The van der Waals surface area contributed by atoms with Crippen molar-refractivity contribution in [1.29, 1.82) is 0 Å². The Morgan fingerprint density at radius 2 is 1.94 bits per heavy atom. The zero-order valence-electron chi connectivity index (χ0n) is 19.3. The van der Waals surface area contributed by atoms with E-state index >= 15 is 0 Å². The van der Waals surface area contributed by atoms with Crippen LogP contribution in [0.4, 0.5) is 5.69 Å². The molecule has 0 bridgehead atoms. The van der Waals surface area contributed by atoms with Crippen LogP contribution in [0.3, 0.4) is 0 Å². The highest BCUT2D eigenvalue weighted by molar-refractivity contribution is 7.12. The highest BCUT2D eigenvalue weighted by Crippen LogP contribution is 2.35. The van der Waals surface area contributed by atoms with Crippen molar-refractivity contribution in [1.82, 2.24) is 9.78 Å². The second-order valence-electron chi connectivity index (χ2n) is 8.27. The number of benzene rings is 2. The number of fused-ring (bicyclic) bond motifs is 1. The number of hydrogen-bond donors (Lipinski definition) is 1. The molecule has 1 amide bonds. The molecule has 1 N–H and O–H groups in total. The Labute approximate surface area is 201 Å². The van der Waals surface area contributed by atoms with Crippen LogP contribution >= 0.6 is 11.3 Å². The van der Waals surface area contributed by atoms with Crippen LogP contribution in [0.1, 0.15) is 37.7 Å². The number of anilines is 1. The molecule has 7 nitrogen and oxygen atoms in total. The molecule has 0 atom stereocenters. The first-order valence-electron chi connectivity index (χ1n) is 11.0. The summed E-state index contributed by atoms with van der Waals surface area (Å²) in [5.74, 6) is 1.93. The number of thiophene rings is 1. The number of nitrogens with one attached hydrogen (secondary N) is 1. The molecule has 0 saturated heterocycles. The summed E-state index contributed by atoms with van der Waals surface area (Å²) in [5.41, 5.74) is 5.79. The van der Waals surface area contributed by atoms with E-state index in [4.69, 9.17) is 14.2 Å². The highest BCUT2D eigenvalue weighted by atomic mass is 32.1. The van der Waals surface area contributed by atoms with E-state index in [0.717, 1.165) is 28.4 Å². The molecule has 0 saturated carbocycles. The normalized spacial score (nSPS) is 12.1. The van der Waals surface area contributed by atoms with Gasteiger partial charge < -0.3 is 19.5 Å². The van der Waals surface area contributed by atoms with Gasteiger partial charge in [0.05, 0.1) is 28.5 Å². The number of aryl methyl sites for hydroxylation is 2. The van der Waals surface area contributed by atoms with Crippen LogP contribution in [0.15, 0.2) is 53.9 Å². The Morgan fingerprint density at radius 1 is 1.09 bits per heavy atom. The summed E-state index contributed by atoms with van der Waals surface area (Å²) < 4.78 is 18.5. The zero-order chi connectivity index (χ0) is 23.7. The quantitative estimate of drug-likeness (QED) is 0.383. The van der Waals surface area contributed by atoms with E-state index in [0.29, 0.717) is 29.5 Å². The number of amides is 1. The lowest BCUT2D eigenvalue weighted by Crippen LogP contribution is -2.12. The third-order valence-electron chi connectivity index (χ3n) is 5.66. The van der Waals surface area contributed by atoms with E-state index in [9.17, 15) is 4.79 Å². The van der Waals surface area contributed by atoms with Crippen molar-refractivity contribution in [2.75, 3.05) is 12.1 Å². The average Bonchev–Trinajstić information content (AvgIpc) is 3.54. The first-order valence-corrected chi connectivity index (χ1v) is 11.8. The fraction of sp³-hybridized carbons (Fsp3) is 0.231. The van der Waals surface area contributed by atoms with Crippen LogP contribution < -0.4 is 19.5 Å². The molecular weight excluding hydrogens is 450 g/mol. The zero-order valence-corrected chi connectivity index (χ0v) is 20.1. The Balaban J connectivity index is 1.23. The van der Waals surface area contributed by atoms with Gasteiger partial charge in [0.2, 0.25) is 6.79 Å². The Hall–Kier alpha value is -3.78. The molecule has 3 heterocycles. The van der Waals surface area contributed by atoms with Crippen molar-refractivity contribution in [2.24, 2.45) is 0 Å². The Bertz CT molecular complexity index is 1360. The maximum atomic E-state index is 12.9. The van der Waals surface area contributed by atoms with Gasteiger partial charge in [-0.2, -0.15) is 5.10 Å². The number of aromatic nitrogens is 2. The summed E-state index contributed by atoms with van der Waals surface area (Å²) in [6.07, 6.45) is 0. The van der Waals surface area contributed by atoms with E-state index in [2.05, 4.69) is 35.5 Å². The van der Waals surface area contributed by atoms with Crippen LogP contribution in [-0.4, -0.2) is 22.5 Å². The van der Waals surface area contributed by atoms with Crippen molar-refractivity contribution in [2.45, 2.75) is 33.9 Å². The minimum atomic E-state index is -0.152. The molecule has 174 valence electrons. The van der Waals surface area contributed by atoms with Gasteiger partial charge in [0, 0.05) is 11.6 Å². The van der Waals surface area contributed by atoms with Gasteiger partial charge in [-0.25, -0.2) is 0 Å². The third kappa shape index (κ3) is 4.63. The van der Waals surface area contributed by atoms with Crippen LogP contribution in [0, 0.1) is 20.8 Å². The van der Waals surface area contributed by atoms with Crippen molar-refractivity contribution < 1.29 is 19.0 Å². The van der Waals surface area contributed by atoms with Crippen molar-refractivity contribution >= 4 is 22.9 Å². The number of hydrogen-bond acceptors (Lipinski definition) is 6. The Kier molecular flexibility index (Phi) is 5.98. The molecule has 4 aromatic rings. The highest BCUT2D eigenvalue weighted by Gasteiger charge is 2.18. The van der Waals surface area contributed by atoms with E-state index in [1.807, 2.05) is 54.2 Å². The lowest BCUT2D eigenvalue weighted by atomic mass is 10.1. The van der Waals surface area contributed by atoms with Gasteiger partial charge in [-0.15, -0.1) is 11.3 Å². The van der Waals surface area contributed by atoms with Crippen LogP contribution in [0.25, 0.3) is 0 Å². The minimum absolute atomic E-state index is 0.152. The van der Waals surface area contributed by atoms with Gasteiger partial charge in [-0.3, -0.25) is 9.48 Å². The Morgan fingerprint density at radius 3 is 2.79 bits per heavy atom. The summed E-state index contributed by atoms with van der Waals surface area (Å²) in [6.45, 7) is 7.21. The molecular formula is C26H25N3O4S. The number of nitrogens with zero attached hydrogens (tertiary/aromatic N) is 2. The lowest BCUT2D eigenvalue weighted by molar-refractivity contribution is 0.103. The van der Waals surface area contributed by atoms with Crippen molar-refractivity contribution in [3.05, 3.63) is 86.9 Å².